The highest BCUT2D eigenvalue weighted by molar-refractivity contribution is 8.22. The maximum atomic E-state index is 6.01. The quantitative estimate of drug-likeness (QED) is 0.702. The summed E-state index contributed by atoms with van der Waals surface area (Å²) >= 11 is 6.57. The molecule has 0 aromatic carbocycles. The van der Waals surface area contributed by atoms with Crippen molar-refractivity contribution >= 4 is 28.4 Å². The molecule has 0 bridgehead atoms. The molecule has 3 rings (SSSR count). The molecule has 0 aromatic heterocycles. The van der Waals surface area contributed by atoms with Crippen LogP contribution in [0.25, 0.3) is 0 Å². The Morgan fingerprint density at radius 3 is 2.41 bits per heavy atom. The van der Waals surface area contributed by atoms with Crippen LogP contribution in [-0.4, -0.2) is 59.5 Å². The number of hydrogen-bond acceptors (Lipinski definition) is 8. The number of thiocarbonyl (C=S) groups is 1. The molecule has 3 aliphatic heterocycles. The zero-order valence-corrected chi connectivity index (χ0v) is 15.0. The Labute approximate surface area is 140 Å². The van der Waals surface area contributed by atoms with Crippen molar-refractivity contribution in [3.8, 4) is 0 Å². The first-order chi connectivity index (χ1) is 10.2. The molecule has 8 heteroatoms. The van der Waals surface area contributed by atoms with Crippen LogP contribution in [0.2, 0.25) is 0 Å². The smallest absolute Gasteiger partial charge is 0.220 e. The van der Waals surface area contributed by atoms with E-state index in [9.17, 15) is 0 Å². The molecule has 3 saturated heterocycles. The van der Waals surface area contributed by atoms with Crippen molar-refractivity contribution in [2.75, 3.05) is 12.9 Å². The molecule has 0 aromatic rings. The summed E-state index contributed by atoms with van der Waals surface area (Å²) in [6, 6.07) is 0. The van der Waals surface area contributed by atoms with Gasteiger partial charge in [0.2, 0.25) is 4.38 Å². The third-order valence-electron chi connectivity index (χ3n) is 3.82. The lowest BCUT2D eigenvalue weighted by Crippen LogP contribution is -2.44. The standard InChI is InChI=1S/C14H22O6S2/c1-13(2)15-6-7(18-13)8-9(17-12(21)22-5)10-11(16-8)20-14(3,4)19-10/h7-11H,6H2,1-5H3/t7-,8+,9+,10-,11-/m1/s1. The molecule has 5 atom stereocenters. The molecule has 3 fully saturated rings. The fraction of sp³-hybridized carbons (Fsp3) is 0.929. The van der Waals surface area contributed by atoms with Gasteiger partial charge < -0.3 is 28.4 Å². The van der Waals surface area contributed by atoms with Gasteiger partial charge in [0.05, 0.1) is 6.61 Å². The Kier molecular flexibility index (Phi) is 4.48. The number of fused-ring (bicyclic) bond motifs is 1. The van der Waals surface area contributed by atoms with Crippen LogP contribution < -0.4 is 0 Å². The molecule has 0 amide bonds. The van der Waals surface area contributed by atoms with E-state index in [0.717, 1.165) is 0 Å². The minimum Gasteiger partial charge on any atom is -0.469 e. The van der Waals surface area contributed by atoms with Crippen molar-refractivity contribution in [1.82, 2.24) is 0 Å². The van der Waals surface area contributed by atoms with Gasteiger partial charge in [0, 0.05) is 0 Å². The summed E-state index contributed by atoms with van der Waals surface area (Å²) in [5.74, 6) is -1.33. The van der Waals surface area contributed by atoms with Gasteiger partial charge in [-0.3, -0.25) is 0 Å². The van der Waals surface area contributed by atoms with Crippen LogP contribution in [0.15, 0.2) is 0 Å². The van der Waals surface area contributed by atoms with Crippen molar-refractivity contribution in [3.05, 3.63) is 0 Å². The summed E-state index contributed by atoms with van der Waals surface area (Å²) in [6.45, 7) is 7.90. The van der Waals surface area contributed by atoms with Crippen LogP contribution in [0.1, 0.15) is 27.7 Å². The van der Waals surface area contributed by atoms with Crippen molar-refractivity contribution in [2.45, 2.75) is 70.0 Å². The zero-order chi connectivity index (χ0) is 16.1. The molecular weight excluding hydrogens is 328 g/mol. The van der Waals surface area contributed by atoms with Gasteiger partial charge in [-0.25, -0.2) is 0 Å². The second-order valence-electron chi connectivity index (χ2n) is 6.47. The molecule has 126 valence electrons. The van der Waals surface area contributed by atoms with Gasteiger partial charge in [-0.1, -0.05) is 11.8 Å². The first-order valence-corrected chi connectivity index (χ1v) is 8.91. The Morgan fingerprint density at radius 2 is 1.82 bits per heavy atom. The van der Waals surface area contributed by atoms with E-state index in [1.165, 1.54) is 11.8 Å². The van der Waals surface area contributed by atoms with Crippen LogP contribution in [0.4, 0.5) is 0 Å². The van der Waals surface area contributed by atoms with Crippen LogP contribution in [0.3, 0.4) is 0 Å². The molecule has 0 radical (unpaired) electrons. The molecule has 0 spiro atoms. The third-order valence-corrected chi connectivity index (χ3v) is 4.85. The zero-order valence-electron chi connectivity index (χ0n) is 13.4. The average Bonchev–Trinajstić information content (AvgIpc) is 3.01. The van der Waals surface area contributed by atoms with Gasteiger partial charge in [0.15, 0.2) is 30.1 Å². The Bertz CT molecular complexity index is 455. The molecular formula is C14H22O6S2. The first-order valence-electron chi connectivity index (χ1n) is 7.28. The van der Waals surface area contributed by atoms with Gasteiger partial charge in [0.25, 0.3) is 0 Å². The fourth-order valence-electron chi connectivity index (χ4n) is 2.97. The van der Waals surface area contributed by atoms with E-state index in [2.05, 4.69) is 0 Å². The van der Waals surface area contributed by atoms with E-state index in [1.807, 2.05) is 34.0 Å². The second-order valence-corrected chi connectivity index (χ2v) is 7.88. The van der Waals surface area contributed by atoms with E-state index >= 15 is 0 Å². The summed E-state index contributed by atoms with van der Waals surface area (Å²) in [7, 11) is 0. The number of ether oxygens (including phenoxy) is 6. The normalized spacial score (nSPS) is 42.3. The average molecular weight is 350 g/mol. The summed E-state index contributed by atoms with van der Waals surface area (Å²) in [6.07, 6.45) is 0.0796. The van der Waals surface area contributed by atoms with Crippen molar-refractivity contribution in [2.24, 2.45) is 0 Å². The van der Waals surface area contributed by atoms with E-state index in [-0.39, 0.29) is 24.4 Å². The van der Waals surface area contributed by atoms with Crippen molar-refractivity contribution in [3.63, 3.8) is 0 Å². The molecule has 0 unspecified atom stereocenters. The van der Waals surface area contributed by atoms with Crippen LogP contribution in [-0.2, 0) is 28.4 Å². The summed E-state index contributed by atoms with van der Waals surface area (Å²) in [4.78, 5) is 0. The maximum absolute atomic E-state index is 6.01. The number of hydrogen-bond donors (Lipinski definition) is 0. The summed E-state index contributed by atoms with van der Waals surface area (Å²) in [5.41, 5.74) is 0. The molecule has 3 heterocycles. The Hall–Kier alpha value is 0.0400. The monoisotopic (exact) mass is 350 g/mol. The van der Waals surface area contributed by atoms with Crippen LogP contribution >= 0.6 is 24.0 Å². The van der Waals surface area contributed by atoms with E-state index in [1.54, 1.807) is 0 Å². The molecule has 3 aliphatic rings. The van der Waals surface area contributed by atoms with E-state index < -0.39 is 17.9 Å². The van der Waals surface area contributed by atoms with Gasteiger partial charge in [-0.05, 0) is 46.2 Å². The highest BCUT2D eigenvalue weighted by Gasteiger charge is 2.59. The highest BCUT2D eigenvalue weighted by atomic mass is 32.2. The van der Waals surface area contributed by atoms with Crippen LogP contribution in [0, 0.1) is 0 Å². The van der Waals surface area contributed by atoms with Gasteiger partial charge in [-0.2, -0.15) is 0 Å². The Balaban J connectivity index is 1.76. The number of thioether (sulfide) groups is 1. The predicted molar refractivity (Wildman–Crippen MR) is 84.6 cm³/mol. The third kappa shape index (κ3) is 3.28. The molecule has 0 N–H and O–H groups in total. The minimum atomic E-state index is -0.699. The van der Waals surface area contributed by atoms with Gasteiger partial charge in [0.1, 0.15) is 12.2 Å². The first kappa shape index (κ1) is 16.9. The largest absolute Gasteiger partial charge is 0.469 e. The summed E-state index contributed by atoms with van der Waals surface area (Å²) < 4.78 is 35.6. The van der Waals surface area contributed by atoms with Crippen molar-refractivity contribution in [1.29, 1.82) is 0 Å². The molecule has 6 nitrogen and oxygen atoms in total. The topological polar surface area (TPSA) is 55.4 Å². The maximum Gasteiger partial charge on any atom is 0.220 e. The summed E-state index contributed by atoms with van der Waals surface area (Å²) in [5, 5.41) is 0. The second kappa shape index (κ2) is 5.84. The predicted octanol–water partition coefficient (Wildman–Crippen LogP) is 2.05. The lowest BCUT2D eigenvalue weighted by Gasteiger charge is -2.29. The minimum absolute atomic E-state index is 0.245. The lowest BCUT2D eigenvalue weighted by atomic mass is 10.1. The fourth-order valence-corrected chi connectivity index (χ4v) is 3.29. The van der Waals surface area contributed by atoms with Gasteiger partial charge in [-0.15, -0.1) is 0 Å². The van der Waals surface area contributed by atoms with Gasteiger partial charge >= 0.3 is 0 Å². The van der Waals surface area contributed by atoms with Crippen molar-refractivity contribution < 1.29 is 28.4 Å². The van der Waals surface area contributed by atoms with E-state index in [0.29, 0.717) is 11.0 Å². The lowest BCUT2D eigenvalue weighted by molar-refractivity contribution is -0.230. The Morgan fingerprint density at radius 1 is 1.09 bits per heavy atom. The number of rotatable bonds is 2. The molecule has 22 heavy (non-hydrogen) atoms. The molecule has 0 aliphatic carbocycles. The van der Waals surface area contributed by atoms with Crippen LogP contribution in [0.5, 0.6) is 0 Å². The highest BCUT2D eigenvalue weighted by Crippen LogP contribution is 2.42. The van der Waals surface area contributed by atoms with E-state index in [4.69, 9.17) is 40.6 Å². The SMILES string of the molecule is CSC(=S)O[C@H]1[C@H]([C@H]2COC(C)(C)O2)O[C@@H]2OC(C)(C)O[C@@H]21. The molecule has 0 saturated carbocycles.